The number of nitriles is 1. The highest BCUT2D eigenvalue weighted by Gasteiger charge is 2.58. The predicted molar refractivity (Wildman–Crippen MR) is 137 cm³/mol. The highest BCUT2D eigenvalue weighted by atomic mass is 16.6. The zero-order chi connectivity index (χ0) is 25.6. The average molecular weight is 490 g/mol. The van der Waals surface area contributed by atoms with Gasteiger partial charge in [-0.1, -0.05) is 24.5 Å². The van der Waals surface area contributed by atoms with Gasteiger partial charge in [-0.15, -0.1) is 0 Å². The molecule has 4 fully saturated rings. The Bertz CT molecular complexity index is 776. The highest BCUT2D eigenvalue weighted by molar-refractivity contribution is 5.65. The van der Waals surface area contributed by atoms with E-state index in [0.717, 1.165) is 45.3 Å². The number of carboxylic acid groups (broad SMARTS) is 1. The lowest BCUT2D eigenvalue weighted by Crippen LogP contribution is -2.50. The Labute approximate surface area is 212 Å². The molecule has 0 radical (unpaired) electrons. The third-order valence-electron chi connectivity index (χ3n) is 8.77. The van der Waals surface area contributed by atoms with Crippen molar-refractivity contribution in [1.29, 1.82) is 5.26 Å². The molecular formula is C28H47N3O4. The van der Waals surface area contributed by atoms with Crippen molar-refractivity contribution in [2.75, 3.05) is 39.8 Å². The molecule has 1 N–H and O–H groups in total. The molecular weight excluding hydrogens is 442 g/mol. The third-order valence-corrected chi connectivity index (χ3v) is 8.77. The van der Waals surface area contributed by atoms with E-state index >= 15 is 0 Å². The zero-order valence-corrected chi connectivity index (χ0v) is 22.6. The number of methoxy groups -OCH3 is 1. The molecule has 4 unspecified atom stereocenters. The molecule has 0 aromatic rings. The van der Waals surface area contributed by atoms with Crippen LogP contribution in [0.1, 0.15) is 79.1 Å². The van der Waals surface area contributed by atoms with Gasteiger partial charge < -0.3 is 24.4 Å². The number of likely N-dealkylation sites (tertiary alicyclic amines) is 2. The number of nitrogens with zero attached hydrogens (tertiary/aromatic N) is 3. The lowest BCUT2D eigenvalue weighted by atomic mass is 9.76. The van der Waals surface area contributed by atoms with Gasteiger partial charge in [-0.2, -0.15) is 5.26 Å². The van der Waals surface area contributed by atoms with Crippen molar-refractivity contribution in [1.82, 2.24) is 9.80 Å². The van der Waals surface area contributed by atoms with Crippen molar-refractivity contribution >= 4 is 6.09 Å². The van der Waals surface area contributed by atoms with Crippen LogP contribution in [0.15, 0.2) is 11.6 Å². The quantitative estimate of drug-likeness (QED) is 0.385. The van der Waals surface area contributed by atoms with Crippen LogP contribution in [0.5, 0.6) is 0 Å². The maximum atomic E-state index is 10.6. The Morgan fingerprint density at radius 1 is 1.20 bits per heavy atom. The number of piperidine rings is 1. The molecule has 0 aromatic heterocycles. The minimum absolute atomic E-state index is 0.0764. The summed E-state index contributed by atoms with van der Waals surface area (Å²) in [7, 11) is 1.85. The Kier molecular flexibility index (Phi) is 9.65. The molecule has 7 nitrogen and oxygen atoms in total. The number of epoxide rings is 1. The van der Waals surface area contributed by atoms with Gasteiger partial charge >= 0.3 is 6.09 Å². The molecule has 4 atom stereocenters. The first-order valence-electron chi connectivity index (χ1n) is 13.6. The van der Waals surface area contributed by atoms with Crippen LogP contribution in [-0.4, -0.2) is 78.6 Å². The number of hydrogen-bond donors (Lipinski definition) is 1. The largest absolute Gasteiger partial charge is 0.465 e. The molecule has 1 aliphatic carbocycles. The zero-order valence-electron chi connectivity index (χ0n) is 22.6. The summed E-state index contributed by atoms with van der Waals surface area (Å²) >= 11 is 0. The minimum Gasteiger partial charge on any atom is -0.465 e. The van der Waals surface area contributed by atoms with E-state index in [1.54, 1.807) is 0 Å². The molecule has 0 spiro atoms. The fourth-order valence-corrected chi connectivity index (χ4v) is 5.91. The summed E-state index contributed by atoms with van der Waals surface area (Å²) in [6.07, 6.45) is 11.5. The monoisotopic (exact) mass is 489 g/mol. The first kappa shape index (κ1) is 28.0. The number of allylic oxidation sites excluding steroid dienone is 1. The number of ether oxygens (including phenoxy) is 2. The van der Waals surface area contributed by atoms with E-state index in [9.17, 15) is 4.79 Å². The Morgan fingerprint density at radius 3 is 2.43 bits per heavy atom. The van der Waals surface area contributed by atoms with Crippen LogP contribution in [0.4, 0.5) is 4.79 Å². The van der Waals surface area contributed by atoms with Gasteiger partial charge in [0.1, 0.15) is 0 Å². The van der Waals surface area contributed by atoms with Gasteiger partial charge in [0.2, 0.25) is 0 Å². The first-order chi connectivity index (χ1) is 16.6. The van der Waals surface area contributed by atoms with Crippen molar-refractivity contribution in [3.63, 3.8) is 0 Å². The van der Waals surface area contributed by atoms with Crippen LogP contribution in [0.2, 0.25) is 0 Å². The standard InChI is InChI=1S/C15H26O2.C13H21N3O2/c1-11(2)9-10-14-15(3,17-14)12-7-5-6-8-13(12)16-4;1-13(10-14)3-6-15(7-4-13)5-2-11-8-16(9-11)12(17)18/h9,12-14H,5-8,10H2,1-4H3;11H,2-9H2,1H3,(H,17,18). The van der Waals surface area contributed by atoms with E-state index in [1.807, 2.05) is 14.0 Å². The van der Waals surface area contributed by atoms with E-state index < -0.39 is 6.09 Å². The van der Waals surface area contributed by atoms with Crippen LogP contribution < -0.4 is 0 Å². The molecule has 0 bridgehead atoms. The lowest BCUT2D eigenvalue weighted by molar-refractivity contribution is -0.00777. The molecule has 1 saturated carbocycles. The van der Waals surface area contributed by atoms with Gasteiger partial charge in [-0.25, -0.2) is 4.79 Å². The van der Waals surface area contributed by atoms with Gasteiger partial charge in [0, 0.05) is 26.1 Å². The Morgan fingerprint density at radius 2 is 1.86 bits per heavy atom. The maximum absolute atomic E-state index is 10.6. The summed E-state index contributed by atoms with van der Waals surface area (Å²) in [5, 5.41) is 17.8. The van der Waals surface area contributed by atoms with Crippen LogP contribution in [0.3, 0.4) is 0 Å². The van der Waals surface area contributed by atoms with E-state index in [4.69, 9.17) is 19.8 Å². The number of carbonyl (C=O) groups is 1. The maximum Gasteiger partial charge on any atom is 0.407 e. The molecule has 198 valence electrons. The first-order valence-corrected chi connectivity index (χ1v) is 13.6. The molecule has 7 heteroatoms. The predicted octanol–water partition coefficient (Wildman–Crippen LogP) is 5.32. The van der Waals surface area contributed by atoms with Crippen LogP contribution in [0, 0.1) is 28.6 Å². The molecule has 0 aromatic carbocycles. The SMILES string of the molecule is CC1(C#N)CCN(CCC2CN(C(=O)O)C2)CC1.COC1CCCCC1C1(C)OC1CC=C(C)C. The highest BCUT2D eigenvalue weighted by Crippen LogP contribution is 2.50. The lowest BCUT2D eigenvalue weighted by Gasteiger charge is -2.40. The minimum atomic E-state index is -0.797. The third kappa shape index (κ3) is 7.44. The molecule has 3 aliphatic heterocycles. The molecule has 4 rings (SSSR count). The van der Waals surface area contributed by atoms with Gasteiger partial charge in [0.15, 0.2) is 0 Å². The summed E-state index contributed by atoms with van der Waals surface area (Å²) in [4.78, 5) is 14.5. The van der Waals surface area contributed by atoms with Gasteiger partial charge in [0.25, 0.3) is 0 Å². The van der Waals surface area contributed by atoms with Crippen LogP contribution in [-0.2, 0) is 9.47 Å². The van der Waals surface area contributed by atoms with Crippen LogP contribution >= 0.6 is 0 Å². The molecule has 4 aliphatic rings. The normalized spacial score (nSPS) is 32.5. The number of hydrogen-bond acceptors (Lipinski definition) is 5. The van der Waals surface area contributed by atoms with Gasteiger partial charge in [0.05, 0.1) is 29.3 Å². The molecule has 3 heterocycles. The number of amides is 1. The second kappa shape index (κ2) is 12.1. The fraction of sp³-hybridized carbons (Fsp3) is 0.857. The summed E-state index contributed by atoms with van der Waals surface area (Å²) in [6.45, 7) is 13.0. The van der Waals surface area contributed by atoms with Gasteiger partial charge in [-0.3, -0.25) is 0 Å². The molecule has 3 saturated heterocycles. The molecule has 35 heavy (non-hydrogen) atoms. The van der Waals surface area contributed by atoms with Crippen molar-refractivity contribution in [3.05, 3.63) is 11.6 Å². The summed E-state index contributed by atoms with van der Waals surface area (Å²) < 4.78 is 11.7. The Hall–Kier alpha value is -1.62. The van der Waals surface area contributed by atoms with Gasteiger partial charge in [-0.05, 0) is 91.8 Å². The topological polar surface area (TPSA) is 89.3 Å². The van der Waals surface area contributed by atoms with Crippen molar-refractivity contribution < 1.29 is 19.4 Å². The number of rotatable bonds is 7. The average Bonchev–Trinajstić information content (AvgIpc) is 3.49. The van der Waals surface area contributed by atoms with Crippen molar-refractivity contribution in [3.8, 4) is 6.07 Å². The summed E-state index contributed by atoms with van der Waals surface area (Å²) in [6, 6.07) is 2.41. The summed E-state index contributed by atoms with van der Waals surface area (Å²) in [5.74, 6) is 1.13. The second-order valence-corrected chi connectivity index (χ2v) is 11.8. The fourth-order valence-electron chi connectivity index (χ4n) is 5.91. The van der Waals surface area contributed by atoms with E-state index in [2.05, 4.69) is 37.8 Å². The Balaban J connectivity index is 0.000000196. The summed E-state index contributed by atoms with van der Waals surface area (Å²) in [5.41, 5.74) is 1.33. The van der Waals surface area contributed by atoms with E-state index in [1.165, 1.54) is 36.2 Å². The van der Waals surface area contributed by atoms with E-state index in [-0.39, 0.29) is 11.0 Å². The van der Waals surface area contributed by atoms with Crippen LogP contribution in [0.25, 0.3) is 0 Å². The smallest absolute Gasteiger partial charge is 0.407 e. The molecule has 1 amide bonds. The second-order valence-electron chi connectivity index (χ2n) is 11.8. The van der Waals surface area contributed by atoms with E-state index in [0.29, 0.717) is 37.1 Å². The van der Waals surface area contributed by atoms with Crippen molar-refractivity contribution in [2.45, 2.75) is 96.9 Å². The van der Waals surface area contributed by atoms with Crippen molar-refractivity contribution in [2.24, 2.45) is 17.3 Å².